The molecule has 0 fully saturated rings. The Hall–Kier alpha value is -2.12. The number of aliphatic carboxylic acids is 1. The summed E-state index contributed by atoms with van der Waals surface area (Å²) in [5.74, 6) is -2.32. The number of urea groups is 1. The van der Waals surface area contributed by atoms with E-state index in [1.165, 1.54) is 7.11 Å². The highest BCUT2D eigenvalue weighted by molar-refractivity contribution is 5.96. The van der Waals surface area contributed by atoms with Gasteiger partial charge < -0.3 is 15.2 Å². The molecule has 0 bridgehead atoms. The third kappa shape index (κ3) is 8.06. The molecule has 0 saturated carbocycles. The number of rotatable bonds is 7. The first-order chi connectivity index (χ1) is 9.26. The summed E-state index contributed by atoms with van der Waals surface area (Å²) in [6.07, 6.45) is -0.315. The van der Waals surface area contributed by atoms with Crippen LogP contribution in [0, 0.1) is 5.92 Å². The standard InChI is InChI=1S/C12H20N2O6/c1-7(2)6-8(11(18)20-3)13-12(19)14-9(15)4-5-10(16)17/h7-8H,4-6H2,1-3H3,(H,16,17)(H2,13,14,15,19). The van der Waals surface area contributed by atoms with Crippen LogP contribution in [0.5, 0.6) is 0 Å². The monoisotopic (exact) mass is 288 g/mol. The van der Waals surface area contributed by atoms with Crippen LogP contribution in [0.1, 0.15) is 33.1 Å². The molecule has 0 heterocycles. The SMILES string of the molecule is COC(=O)C(CC(C)C)NC(=O)NC(=O)CCC(=O)O. The number of carboxylic acids is 1. The van der Waals surface area contributed by atoms with Crippen molar-refractivity contribution in [2.75, 3.05) is 7.11 Å². The molecule has 0 aromatic rings. The Morgan fingerprint density at radius 2 is 1.75 bits per heavy atom. The maximum absolute atomic E-state index is 11.5. The van der Waals surface area contributed by atoms with Gasteiger partial charge in [0.15, 0.2) is 0 Å². The molecule has 0 aliphatic carbocycles. The summed E-state index contributed by atoms with van der Waals surface area (Å²) in [5, 5.41) is 12.7. The van der Waals surface area contributed by atoms with Crippen molar-refractivity contribution in [3.05, 3.63) is 0 Å². The third-order valence-corrected chi connectivity index (χ3v) is 2.32. The second-order valence-corrected chi connectivity index (χ2v) is 4.62. The van der Waals surface area contributed by atoms with Crippen molar-refractivity contribution < 1.29 is 29.0 Å². The maximum atomic E-state index is 11.5. The number of hydrogen-bond acceptors (Lipinski definition) is 5. The van der Waals surface area contributed by atoms with Crippen LogP contribution in [0.2, 0.25) is 0 Å². The predicted octanol–water partition coefficient (Wildman–Crippen LogP) is 0.265. The van der Waals surface area contributed by atoms with Crippen LogP contribution in [0.15, 0.2) is 0 Å². The summed E-state index contributed by atoms with van der Waals surface area (Å²) in [4.78, 5) is 44.5. The number of esters is 1. The van der Waals surface area contributed by atoms with Gasteiger partial charge in [-0.05, 0) is 12.3 Å². The van der Waals surface area contributed by atoms with E-state index in [4.69, 9.17) is 5.11 Å². The van der Waals surface area contributed by atoms with Gasteiger partial charge in [0.25, 0.3) is 0 Å². The molecule has 1 unspecified atom stereocenters. The van der Waals surface area contributed by atoms with Crippen molar-refractivity contribution in [3.63, 3.8) is 0 Å². The largest absolute Gasteiger partial charge is 0.481 e. The topological polar surface area (TPSA) is 122 Å². The number of ether oxygens (including phenoxy) is 1. The highest BCUT2D eigenvalue weighted by Gasteiger charge is 2.23. The van der Waals surface area contributed by atoms with Crippen LogP contribution in [-0.2, 0) is 19.1 Å². The highest BCUT2D eigenvalue weighted by Crippen LogP contribution is 2.06. The van der Waals surface area contributed by atoms with Gasteiger partial charge in [-0.1, -0.05) is 13.8 Å². The summed E-state index contributed by atoms with van der Waals surface area (Å²) in [6.45, 7) is 3.74. The summed E-state index contributed by atoms with van der Waals surface area (Å²) in [5.41, 5.74) is 0. The summed E-state index contributed by atoms with van der Waals surface area (Å²) in [6, 6.07) is -1.70. The van der Waals surface area contributed by atoms with Crippen LogP contribution < -0.4 is 10.6 Å². The molecule has 114 valence electrons. The van der Waals surface area contributed by atoms with E-state index >= 15 is 0 Å². The maximum Gasteiger partial charge on any atom is 0.328 e. The van der Waals surface area contributed by atoms with E-state index in [0.717, 1.165) is 0 Å². The van der Waals surface area contributed by atoms with Crippen LogP contribution in [0.3, 0.4) is 0 Å². The number of carbonyl (C=O) groups excluding carboxylic acids is 3. The molecule has 8 nitrogen and oxygen atoms in total. The molecular weight excluding hydrogens is 268 g/mol. The Kier molecular flexibility index (Phi) is 7.95. The van der Waals surface area contributed by atoms with E-state index < -0.39 is 29.9 Å². The van der Waals surface area contributed by atoms with Crippen molar-refractivity contribution in [3.8, 4) is 0 Å². The van der Waals surface area contributed by atoms with Gasteiger partial charge in [0, 0.05) is 6.42 Å². The summed E-state index contributed by atoms with van der Waals surface area (Å²) < 4.78 is 4.55. The van der Waals surface area contributed by atoms with Gasteiger partial charge >= 0.3 is 18.0 Å². The summed E-state index contributed by atoms with van der Waals surface area (Å²) >= 11 is 0. The molecule has 3 N–H and O–H groups in total. The molecule has 0 radical (unpaired) electrons. The van der Waals surface area contributed by atoms with Crippen LogP contribution >= 0.6 is 0 Å². The fourth-order valence-corrected chi connectivity index (χ4v) is 1.43. The molecule has 20 heavy (non-hydrogen) atoms. The highest BCUT2D eigenvalue weighted by atomic mass is 16.5. The molecule has 0 aromatic heterocycles. The van der Waals surface area contributed by atoms with Crippen molar-refractivity contribution in [2.24, 2.45) is 5.92 Å². The van der Waals surface area contributed by atoms with Crippen LogP contribution in [0.4, 0.5) is 4.79 Å². The molecule has 0 aliphatic heterocycles. The normalized spacial score (nSPS) is 11.6. The molecule has 1 atom stereocenters. The summed E-state index contributed by atoms with van der Waals surface area (Å²) in [7, 11) is 1.20. The zero-order valence-electron chi connectivity index (χ0n) is 11.8. The number of methoxy groups -OCH3 is 1. The average Bonchev–Trinajstić information content (AvgIpc) is 2.33. The molecule has 0 aromatic carbocycles. The van der Waals surface area contributed by atoms with Gasteiger partial charge in [-0.3, -0.25) is 14.9 Å². The van der Waals surface area contributed by atoms with Crippen molar-refractivity contribution in [1.29, 1.82) is 0 Å². The van der Waals surface area contributed by atoms with E-state index in [1.807, 2.05) is 19.2 Å². The molecular formula is C12H20N2O6. The average molecular weight is 288 g/mol. The smallest absolute Gasteiger partial charge is 0.328 e. The molecule has 0 rings (SSSR count). The number of carbonyl (C=O) groups is 4. The van der Waals surface area contributed by atoms with E-state index in [1.54, 1.807) is 0 Å². The van der Waals surface area contributed by atoms with Gasteiger partial charge in [-0.15, -0.1) is 0 Å². The minimum absolute atomic E-state index is 0.141. The molecule has 0 spiro atoms. The second kappa shape index (κ2) is 8.89. The molecule has 0 aliphatic rings. The van der Waals surface area contributed by atoms with Crippen LogP contribution in [-0.4, -0.2) is 42.1 Å². The molecule has 8 heteroatoms. The number of nitrogens with one attached hydrogen (secondary N) is 2. The van der Waals surface area contributed by atoms with Crippen molar-refractivity contribution in [2.45, 2.75) is 39.2 Å². The minimum Gasteiger partial charge on any atom is -0.481 e. The van der Waals surface area contributed by atoms with Crippen LogP contribution in [0.25, 0.3) is 0 Å². The lowest BCUT2D eigenvalue weighted by atomic mass is 10.0. The van der Waals surface area contributed by atoms with E-state index in [2.05, 4.69) is 10.1 Å². The first-order valence-corrected chi connectivity index (χ1v) is 6.16. The zero-order valence-corrected chi connectivity index (χ0v) is 11.8. The van der Waals surface area contributed by atoms with E-state index in [0.29, 0.717) is 6.42 Å². The minimum atomic E-state index is -1.13. The lowest BCUT2D eigenvalue weighted by molar-refractivity contribution is -0.143. The Morgan fingerprint density at radius 1 is 1.15 bits per heavy atom. The second-order valence-electron chi connectivity index (χ2n) is 4.62. The van der Waals surface area contributed by atoms with Gasteiger partial charge in [0.1, 0.15) is 6.04 Å². The first kappa shape index (κ1) is 17.9. The van der Waals surface area contributed by atoms with Gasteiger partial charge in [-0.25, -0.2) is 9.59 Å². The fourth-order valence-electron chi connectivity index (χ4n) is 1.43. The number of imide groups is 1. The Bertz CT molecular complexity index is 380. The Morgan fingerprint density at radius 3 is 2.20 bits per heavy atom. The van der Waals surface area contributed by atoms with Crippen molar-refractivity contribution >= 4 is 23.9 Å². The Balaban J connectivity index is 4.34. The Labute approximate surface area is 116 Å². The van der Waals surface area contributed by atoms with E-state index in [9.17, 15) is 19.2 Å². The number of amides is 3. The lowest BCUT2D eigenvalue weighted by Gasteiger charge is -2.18. The first-order valence-electron chi connectivity index (χ1n) is 6.16. The van der Waals surface area contributed by atoms with Gasteiger partial charge in [0.05, 0.1) is 13.5 Å². The molecule has 0 saturated heterocycles. The fraction of sp³-hybridized carbons (Fsp3) is 0.667. The van der Waals surface area contributed by atoms with Gasteiger partial charge in [-0.2, -0.15) is 0 Å². The lowest BCUT2D eigenvalue weighted by Crippen LogP contribution is -2.48. The van der Waals surface area contributed by atoms with Crippen molar-refractivity contribution in [1.82, 2.24) is 10.6 Å². The van der Waals surface area contributed by atoms with E-state index in [-0.39, 0.29) is 18.8 Å². The zero-order chi connectivity index (χ0) is 15.7. The molecule has 3 amide bonds. The quantitative estimate of drug-likeness (QED) is 0.578. The number of hydrogen-bond donors (Lipinski definition) is 3. The predicted molar refractivity (Wildman–Crippen MR) is 68.8 cm³/mol. The van der Waals surface area contributed by atoms with Gasteiger partial charge in [0.2, 0.25) is 5.91 Å². The number of carboxylic acid groups (broad SMARTS) is 1. The third-order valence-electron chi connectivity index (χ3n) is 2.32.